The van der Waals surface area contributed by atoms with Crippen molar-refractivity contribution in [3.8, 4) is 5.75 Å². The molecule has 4 heteroatoms. The standard InChI is InChI=1S/C12H16BrNO2/c13-11-7-12(9-14-8-11)16-6-3-10-1-4-15-5-2-10/h7-10H,1-6H2. The predicted molar refractivity (Wildman–Crippen MR) is 65.6 cm³/mol. The summed E-state index contributed by atoms with van der Waals surface area (Å²) in [5.41, 5.74) is 0. The first-order valence-corrected chi connectivity index (χ1v) is 6.45. The van der Waals surface area contributed by atoms with Crippen molar-refractivity contribution in [1.82, 2.24) is 4.98 Å². The van der Waals surface area contributed by atoms with Gasteiger partial charge in [0.2, 0.25) is 0 Å². The molecule has 1 aromatic rings. The van der Waals surface area contributed by atoms with Crippen LogP contribution in [0.2, 0.25) is 0 Å². The highest BCUT2D eigenvalue weighted by Crippen LogP contribution is 2.20. The van der Waals surface area contributed by atoms with Crippen LogP contribution in [0.5, 0.6) is 5.75 Å². The van der Waals surface area contributed by atoms with Crippen molar-refractivity contribution >= 4 is 15.9 Å². The molecule has 0 saturated carbocycles. The van der Waals surface area contributed by atoms with E-state index in [9.17, 15) is 0 Å². The van der Waals surface area contributed by atoms with E-state index in [-0.39, 0.29) is 0 Å². The third-order valence-electron chi connectivity index (χ3n) is 2.82. The Labute approximate surface area is 104 Å². The zero-order valence-electron chi connectivity index (χ0n) is 9.19. The number of aromatic nitrogens is 1. The van der Waals surface area contributed by atoms with Crippen LogP contribution in [0.1, 0.15) is 19.3 Å². The predicted octanol–water partition coefficient (Wildman–Crippen LogP) is 3.04. The van der Waals surface area contributed by atoms with E-state index in [0.717, 1.165) is 42.4 Å². The minimum atomic E-state index is 0.758. The first-order chi connectivity index (χ1) is 7.84. The Kier molecular flexibility index (Phi) is 4.60. The molecule has 1 aliphatic rings. The Bertz CT molecular complexity index is 327. The van der Waals surface area contributed by atoms with Crippen LogP contribution in [-0.4, -0.2) is 24.8 Å². The van der Waals surface area contributed by atoms with Gasteiger partial charge in [-0.1, -0.05) is 0 Å². The Morgan fingerprint density at radius 3 is 2.94 bits per heavy atom. The summed E-state index contributed by atoms with van der Waals surface area (Å²) >= 11 is 3.37. The molecule has 0 unspecified atom stereocenters. The van der Waals surface area contributed by atoms with Crippen LogP contribution in [0, 0.1) is 5.92 Å². The Morgan fingerprint density at radius 2 is 2.19 bits per heavy atom. The molecular weight excluding hydrogens is 270 g/mol. The monoisotopic (exact) mass is 285 g/mol. The summed E-state index contributed by atoms with van der Waals surface area (Å²) in [6.45, 7) is 2.58. The van der Waals surface area contributed by atoms with Crippen molar-refractivity contribution in [2.24, 2.45) is 5.92 Å². The third-order valence-corrected chi connectivity index (χ3v) is 3.25. The summed E-state index contributed by atoms with van der Waals surface area (Å²) < 4.78 is 11.9. The van der Waals surface area contributed by atoms with E-state index in [0.29, 0.717) is 0 Å². The molecule has 0 radical (unpaired) electrons. The molecule has 0 aromatic carbocycles. The van der Waals surface area contributed by atoms with Gasteiger partial charge in [0.25, 0.3) is 0 Å². The molecule has 0 bridgehead atoms. The highest BCUT2D eigenvalue weighted by Gasteiger charge is 2.13. The summed E-state index contributed by atoms with van der Waals surface area (Å²) in [7, 11) is 0. The molecule has 1 fully saturated rings. The zero-order valence-corrected chi connectivity index (χ0v) is 10.8. The fourth-order valence-corrected chi connectivity index (χ4v) is 2.19. The molecule has 0 aliphatic carbocycles. The average Bonchev–Trinajstić information content (AvgIpc) is 2.30. The lowest BCUT2D eigenvalue weighted by Crippen LogP contribution is -2.17. The second-order valence-corrected chi connectivity index (χ2v) is 4.95. The molecule has 3 nitrogen and oxygen atoms in total. The molecule has 0 amide bonds. The lowest BCUT2D eigenvalue weighted by Gasteiger charge is -2.21. The molecule has 88 valence electrons. The number of halogens is 1. The van der Waals surface area contributed by atoms with E-state index >= 15 is 0 Å². The van der Waals surface area contributed by atoms with E-state index in [1.807, 2.05) is 6.07 Å². The van der Waals surface area contributed by atoms with Gasteiger partial charge in [-0.05, 0) is 47.2 Å². The van der Waals surface area contributed by atoms with Gasteiger partial charge in [0.15, 0.2) is 0 Å². The van der Waals surface area contributed by atoms with Gasteiger partial charge in [0.1, 0.15) is 5.75 Å². The first kappa shape index (κ1) is 11.9. The van der Waals surface area contributed by atoms with Crippen molar-refractivity contribution < 1.29 is 9.47 Å². The minimum absolute atomic E-state index is 0.758. The third kappa shape index (κ3) is 3.76. The molecule has 1 saturated heterocycles. The quantitative estimate of drug-likeness (QED) is 0.852. The number of rotatable bonds is 4. The fourth-order valence-electron chi connectivity index (χ4n) is 1.85. The highest BCUT2D eigenvalue weighted by atomic mass is 79.9. The highest BCUT2D eigenvalue weighted by molar-refractivity contribution is 9.10. The Hall–Kier alpha value is -0.610. The van der Waals surface area contributed by atoms with Crippen LogP contribution < -0.4 is 4.74 Å². The van der Waals surface area contributed by atoms with Gasteiger partial charge < -0.3 is 9.47 Å². The normalized spacial score (nSPS) is 17.3. The van der Waals surface area contributed by atoms with Crippen molar-refractivity contribution in [2.45, 2.75) is 19.3 Å². The summed E-state index contributed by atoms with van der Waals surface area (Å²) in [5.74, 6) is 1.59. The maximum atomic E-state index is 5.66. The number of nitrogens with zero attached hydrogens (tertiary/aromatic N) is 1. The SMILES string of the molecule is Brc1cncc(OCCC2CCOCC2)c1. The van der Waals surface area contributed by atoms with Crippen molar-refractivity contribution in [2.75, 3.05) is 19.8 Å². The molecule has 0 spiro atoms. The first-order valence-electron chi connectivity index (χ1n) is 5.65. The maximum Gasteiger partial charge on any atom is 0.138 e. The van der Waals surface area contributed by atoms with Gasteiger partial charge in [0.05, 0.1) is 12.8 Å². The molecular formula is C12H16BrNO2. The van der Waals surface area contributed by atoms with Crippen LogP contribution in [0.25, 0.3) is 0 Å². The molecule has 2 heterocycles. The molecule has 1 aliphatic heterocycles. The van der Waals surface area contributed by atoms with Gasteiger partial charge >= 0.3 is 0 Å². The molecule has 0 N–H and O–H groups in total. The number of pyridine rings is 1. The summed E-state index contributed by atoms with van der Waals surface area (Å²) in [6, 6.07) is 1.94. The maximum absolute atomic E-state index is 5.66. The van der Waals surface area contributed by atoms with Crippen molar-refractivity contribution in [3.05, 3.63) is 22.9 Å². The van der Waals surface area contributed by atoms with Crippen LogP contribution in [0.4, 0.5) is 0 Å². The largest absolute Gasteiger partial charge is 0.492 e. The van der Waals surface area contributed by atoms with E-state index < -0.39 is 0 Å². The van der Waals surface area contributed by atoms with Gasteiger partial charge in [-0.3, -0.25) is 4.98 Å². The summed E-state index contributed by atoms with van der Waals surface area (Å²) in [4.78, 5) is 4.06. The second-order valence-electron chi connectivity index (χ2n) is 4.03. The van der Waals surface area contributed by atoms with E-state index in [4.69, 9.17) is 9.47 Å². The summed E-state index contributed by atoms with van der Waals surface area (Å²) in [6.07, 6.45) is 6.94. The summed E-state index contributed by atoms with van der Waals surface area (Å²) in [5, 5.41) is 0. The van der Waals surface area contributed by atoms with Crippen molar-refractivity contribution in [3.63, 3.8) is 0 Å². The fraction of sp³-hybridized carbons (Fsp3) is 0.583. The molecule has 1 aromatic heterocycles. The minimum Gasteiger partial charge on any atom is -0.492 e. The van der Waals surface area contributed by atoms with Gasteiger partial charge in [-0.15, -0.1) is 0 Å². The van der Waals surface area contributed by atoms with E-state index in [1.54, 1.807) is 12.4 Å². The Morgan fingerprint density at radius 1 is 1.38 bits per heavy atom. The molecule has 2 rings (SSSR count). The van der Waals surface area contributed by atoms with Gasteiger partial charge in [0, 0.05) is 23.9 Å². The Balaban J connectivity index is 1.71. The van der Waals surface area contributed by atoms with E-state index in [2.05, 4.69) is 20.9 Å². The lowest BCUT2D eigenvalue weighted by atomic mass is 9.97. The number of hydrogen-bond donors (Lipinski definition) is 0. The number of hydrogen-bond acceptors (Lipinski definition) is 3. The number of ether oxygens (including phenoxy) is 2. The van der Waals surface area contributed by atoms with Crippen LogP contribution >= 0.6 is 15.9 Å². The van der Waals surface area contributed by atoms with Crippen LogP contribution in [-0.2, 0) is 4.74 Å². The smallest absolute Gasteiger partial charge is 0.138 e. The van der Waals surface area contributed by atoms with E-state index in [1.165, 1.54) is 12.8 Å². The van der Waals surface area contributed by atoms with Crippen molar-refractivity contribution in [1.29, 1.82) is 0 Å². The van der Waals surface area contributed by atoms with Crippen LogP contribution in [0.15, 0.2) is 22.9 Å². The van der Waals surface area contributed by atoms with Gasteiger partial charge in [-0.2, -0.15) is 0 Å². The van der Waals surface area contributed by atoms with Crippen LogP contribution in [0.3, 0.4) is 0 Å². The van der Waals surface area contributed by atoms with Gasteiger partial charge in [-0.25, -0.2) is 0 Å². The topological polar surface area (TPSA) is 31.4 Å². The zero-order chi connectivity index (χ0) is 11.2. The molecule has 0 atom stereocenters. The molecule has 16 heavy (non-hydrogen) atoms. The lowest BCUT2D eigenvalue weighted by molar-refractivity contribution is 0.0593. The second kappa shape index (κ2) is 6.21. The average molecular weight is 286 g/mol.